The van der Waals surface area contributed by atoms with E-state index >= 15 is 0 Å². The highest BCUT2D eigenvalue weighted by atomic mass is 35.5. The first-order valence-corrected chi connectivity index (χ1v) is 10.6. The smallest absolute Gasteiger partial charge is 0.271 e. The Balaban J connectivity index is 1.91. The van der Waals surface area contributed by atoms with Crippen molar-refractivity contribution in [3.05, 3.63) is 40.2 Å². The molecule has 1 aliphatic rings. The molecule has 0 spiro atoms. The zero-order chi connectivity index (χ0) is 22.5. The average molecular weight is 447 g/mol. The van der Waals surface area contributed by atoms with Gasteiger partial charge in [0, 0.05) is 18.8 Å². The van der Waals surface area contributed by atoms with Gasteiger partial charge in [0.05, 0.1) is 22.4 Å². The first-order chi connectivity index (χ1) is 14.8. The maximum atomic E-state index is 12.0. The van der Waals surface area contributed by atoms with Crippen LogP contribution in [0.5, 0.6) is 0 Å². The second kappa shape index (κ2) is 9.93. The number of hydrogen-bond donors (Lipinski definition) is 5. The zero-order valence-corrected chi connectivity index (χ0v) is 18.3. The molecule has 0 aliphatic heterocycles. The highest BCUT2D eigenvalue weighted by molar-refractivity contribution is 6.34. The Kier molecular flexibility index (Phi) is 7.29. The van der Waals surface area contributed by atoms with Gasteiger partial charge in [0.15, 0.2) is 11.5 Å². The van der Waals surface area contributed by atoms with Crippen molar-refractivity contribution in [2.75, 3.05) is 17.7 Å². The molecule has 1 heterocycles. The summed E-state index contributed by atoms with van der Waals surface area (Å²) in [4.78, 5) is 32.9. The summed E-state index contributed by atoms with van der Waals surface area (Å²) in [5.41, 5.74) is 7.07. The number of aromatic nitrogens is 2. The number of amides is 2. The van der Waals surface area contributed by atoms with Gasteiger partial charge in [0.2, 0.25) is 0 Å². The van der Waals surface area contributed by atoms with E-state index in [2.05, 4.69) is 25.9 Å². The number of carbonyl (C=O) groups is 2. The van der Waals surface area contributed by atoms with Crippen LogP contribution in [0.2, 0.25) is 5.02 Å². The Bertz CT molecular complexity index is 976. The minimum absolute atomic E-state index is 0.0213. The predicted octanol–water partition coefficient (Wildman–Crippen LogP) is 2.61. The number of primary amides is 1. The van der Waals surface area contributed by atoms with Crippen molar-refractivity contribution < 1.29 is 14.7 Å². The van der Waals surface area contributed by atoms with Crippen LogP contribution in [0.3, 0.4) is 0 Å². The Morgan fingerprint density at radius 1 is 1.19 bits per heavy atom. The average Bonchev–Trinajstić information content (AvgIpc) is 2.75. The number of benzene rings is 1. The molecule has 3 rings (SSSR count). The normalized spacial score (nSPS) is 18.3. The van der Waals surface area contributed by atoms with E-state index in [1.54, 1.807) is 18.2 Å². The number of carbonyl (C=O) groups excluding carboxylic acids is 2. The lowest BCUT2D eigenvalue weighted by Gasteiger charge is -2.27. The number of aryl methyl sites for hydroxylation is 1. The summed E-state index contributed by atoms with van der Waals surface area (Å²) in [5.74, 6) is -0.230. The molecule has 166 valence electrons. The number of aliphatic hydroxyl groups excluding tert-OH is 1. The second-order valence-corrected chi connectivity index (χ2v) is 7.89. The Labute approximate surface area is 185 Å². The van der Waals surface area contributed by atoms with Crippen LogP contribution in [0, 0.1) is 0 Å². The number of nitrogens with two attached hydrogens (primary N) is 1. The lowest BCUT2D eigenvalue weighted by atomic mass is 9.93. The SMILES string of the molecule is CCc1nc(C(N)=O)c(Nc2ccc(C(=O)NC)c(Cl)c2)nc1NC1CCC(O)CC1. The summed E-state index contributed by atoms with van der Waals surface area (Å²) < 4.78 is 0. The van der Waals surface area contributed by atoms with E-state index in [1.807, 2.05) is 6.92 Å². The molecule has 1 aliphatic carbocycles. The monoisotopic (exact) mass is 446 g/mol. The van der Waals surface area contributed by atoms with Gasteiger partial charge in [-0.2, -0.15) is 0 Å². The number of nitrogens with one attached hydrogen (secondary N) is 3. The zero-order valence-electron chi connectivity index (χ0n) is 17.5. The predicted molar refractivity (Wildman–Crippen MR) is 120 cm³/mol. The first-order valence-electron chi connectivity index (χ1n) is 10.3. The van der Waals surface area contributed by atoms with Crippen molar-refractivity contribution in [2.24, 2.45) is 5.73 Å². The fourth-order valence-electron chi connectivity index (χ4n) is 3.55. The van der Waals surface area contributed by atoms with Gasteiger partial charge in [-0.25, -0.2) is 9.97 Å². The fraction of sp³-hybridized carbons (Fsp3) is 0.429. The van der Waals surface area contributed by atoms with Crippen LogP contribution in [-0.2, 0) is 6.42 Å². The summed E-state index contributed by atoms with van der Waals surface area (Å²) in [6.07, 6.45) is 3.41. The molecule has 0 saturated heterocycles. The molecule has 0 radical (unpaired) electrons. The van der Waals surface area contributed by atoms with Crippen LogP contribution in [-0.4, -0.2) is 46.1 Å². The molecule has 2 amide bonds. The number of aliphatic hydroxyl groups is 1. The third kappa shape index (κ3) is 5.42. The molecule has 1 aromatic carbocycles. The van der Waals surface area contributed by atoms with E-state index in [-0.39, 0.29) is 34.6 Å². The van der Waals surface area contributed by atoms with E-state index < -0.39 is 5.91 Å². The van der Waals surface area contributed by atoms with Crippen molar-refractivity contribution in [1.29, 1.82) is 0 Å². The lowest BCUT2D eigenvalue weighted by Crippen LogP contribution is -2.29. The second-order valence-electron chi connectivity index (χ2n) is 7.48. The van der Waals surface area contributed by atoms with Crippen molar-refractivity contribution in [1.82, 2.24) is 15.3 Å². The molecule has 9 nitrogen and oxygen atoms in total. The van der Waals surface area contributed by atoms with Crippen molar-refractivity contribution in [2.45, 2.75) is 51.2 Å². The maximum Gasteiger partial charge on any atom is 0.271 e. The van der Waals surface area contributed by atoms with Crippen molar-refractivity contribution in [3.63, 3.8) is 0 Å². The van der Waals surface area contributed by atoms with Gasteiger partial charge < -0.3 is 26.8 Å². The molecular formula is C21H27ClN6O3. The van der Waals surface area contributed by atoms with Crippen molar-refractivity contribution in [3.8, 4) is 0 Å². The van der Waals surface area contributed by atoms with E-state index in [0.29, 0.717) is 29.2 Å². The van der Waals surface area contributed by atoms with Gasteiger partial charge >= 0.3 is 0 Å². The molecular weight excluding hydrogens is 420 g/mol. The number of halogens is 1. The summed E-state index contributed by atoms with van der Waals surface area (Å²) in [5, 5.41) is 19.0. The number of hydrogen-bond acceptors (Lipinski definition) is 7. The largest absolute Gasteiger partial charge is 0.393 e. The summed E-state index contributed by atoms with van der Waals surface area (Å²) in [6, 6.07) is 4.97. The van der Waals surface area contributed by atoms with Gasteiger partial charge in [-0.05, 0) is 50.3 Å². The standard InChI is InChI=1S/C21H27ClN6O3/c1-3-16-19(25-11-4-7-13(29)8-5-11)28-20(17(27-16)18(23)30)26-12-6-9-14(15(22)10-12)21(31)24-2/h6,9-11,13,29H,3-5,7-8H2,1-2H3,(H2,23,30)(H,24,31)(H2,25,26,28). The number of rotatable bonds is 7. The number of nitrogens with zero attached hydrogens (tertiary/aromatic N) is 2. The first kappa shape index (κ1) is 22.8. The van der Waals surface area contributed by atoms with E-state index in [0.717, 1.165) is 25.7 Å². The minimum atomic E-state index is -0.704. The minimum Gasteiger partial charge on any atom is -0.393 e. The quantitative estimate of drug-likeness (QED) is 0.440. The fourth-order valence-corrected chi connectivity index (χ4v) is 3.82. The van der Waals surface area contributed by atoms with E-state index in [4.69, 9.17) is 17.3 Å². The molecule has 31 heavy (non-hydrogen) atoms. The molecule has 1 saturated carbocycles. The summed E-state index contributed by atoms with van der Waals surface area (Å²) in [6.45, 7) is 1.93. The van der Waals surface area contributed by atoms with Crippen LogP contribution in [0.4, 0.5) is 17.3 Å². The van der Waals surface area contributed by atoms with E-state index in [1.165, 1.54) is 7.05 Å². The van der Waals surface area contributed by atoms with Crippen LogP contribution < -0.4 is 21.7 Å². The van der Waals surface area contributed by atoms with Crippen molar-refractivity contribution >= 4 is 40.7 Å². The molecule has 1 aromatic heterocycles. The van der Waals surface area contributed by atoms with Gasteiger partial charge in [-0.15, -0.1) is 0 Å². The molecule has 1 fully saturated rings. The maximum absolute atomic E-state index is 12.0. The molecule has 2 aromatic rings. The molecule has 10 heteroatoms. The summed E-state index contributed by atoms with van der Waals surface area (Å²) >= 11 is 6.23. The van der Waals surface area contributed by atoms with Gasteiger partial charge in [0.1, 0.15) is 5.82 Å². The Morgan fingerprint density at radius 3 is 2.48 bits per heavy atom. The lowest BCUT2D eigenvalue weighted by molar-refractivity contribution is 0.0961. The molecule has 0 atom stereocenters. The van der Waals surface area contributed by atoms with E-state index in [9.17, 15) is 14.7 Å². The highest BCUT2D eigenvalue weighted by Crippen LogP contribution is 2.28. The third-order valence-electron chi connectivity index (χ3n) is 5.28. The van der Waals surface area contributed by atoms with Gasteiger partial charge in [-0.1, -0.05) is 18.5 Å². The van der Waals surface area contributed by atoms with Crippen LogP contribution in [0.25, 0.3) is 0 Å². The van der Waals surface area contributed by atoms with Gasteiger partial charge in [0.25, 0.3) is 11.8 Å². The molecule has 0 unspecified atom stereocenters. The van der Waals surface area contributed by atoms with Crippen LogP contribution in [0.15, 0.2) is 18.2 Å². The molecule has 0 bridgehead atoms. The van der Waals surface area contributed by atoms with Gasteiger partial charge in [-0.3, -0.25) is 9.59 Å². The molecule has 6 N–H and O–H groups in total. The highest BCUT2D eigenvalue weighted by Gasteiger charge is 2.23. The Morgan fingerprint density at radius 2 is 1.90 bits per heavy atom. The number of anilines is 3. The Hall–Kier alpha value is -2.91. The van der Waals surface area contributed by atoms with Crippen LogP contribution in [0.1, 0.15) is 59.1 Å². The van der Waals surface area contributed by atoms with Crippen LogP contribution >= 0.6 is 11.6 Å². The summed E-state index contributed by atoms with van der Waals surface area (Å²) in [7, 11) is 1.52. The third-order valence-corrected chi connectivity index (χ3v) is 5.59. The topological polar surface area (TPSA) is 142 Å².